The lowest BCUT2D eigenvalue weighted by Crippen LogP contribution is -2.40. The zero-order valence-corrected chi connectivity index (χ0v) is 13.3. The van der Waals surface area contributed by atoms with E-state index in [4.69, 9.17) is 0 Å². The minimum atomic E-state index is -0.163. The van der Waals surface area contributed by atoms with Gasteiger partial charge in [-0.15, -0.1) is 0 Å². The summed E-state index contributed by atoms with van der Waals surface area (Å²) in [6.07, 6.45) is 5.23. The van der Waals surface area contributed by atoms with E-state index >= 15 is 0 Å². The van der Waals surface area contributed by atoms with E-state index in [9.17, 15) is 4.39 Å². The maximum atomic E-state index is 13.3. The van der Waals surface area contributed by atoms with Gasteiger partial charge in [-0.25, -0.2) is 4.39 Å². The van der Waals surface area contributed by atoms with Crippen LogP contribution in [0.15, 0.2) is 22.7 Å². The number of nitrogens with one attached hydrogen (secondary N) is 1. The Kier molecular flexibility index (Phi) is 5.40. The van der Waals surface area contributed by atoms with Crippen molar-refractivity contribution in [1.29, 1.82) is 0 Å². The third-order valence-electron chi connectivity index (χ3n) is 4.24. The Labute approximate surface area is 124 Å². The predicted molar refractivity (Wildman–Crippen MR) is 81.5 cm³/mol. The third kappa shape index (κ3) is 4.03. The fourth-order valence-corrected chi connectivity index (χ4v) is 3.52. The summed E-state index contributed by atoms with van der Waals surface area (Å²) in [4.78, 5) is 0. The molecule has 2 unspecified atom stereocenters. The van der Waals surface area contributed by atoms with E-state index in [2.05, 4.69) is 35.1 Å². The Morgan fingerprint density at radius 2 is 2.05 bits per heavy atom. The Morgan fingerprint density at radius 3 is 2.79 bits per heavy atom. The Balaban J connectivity index is 1.98. The molecule has 0 heterocycles. The van der Waals surface area contributed by atoms with Gasteiger partial charge in [-0.2, -0.15) is 0 Å². The molecule has 1 nitrogen and oxygen atoms in total. The van der Waals surface area contributed by atoms with Crippen LogP contribution in [0.2, 0.25) is 0 Å². The summed E-state index contributed by atoms with van der Waals surface area (Å²) >= 11 is 3.49. The van der Waals surface area contributed by atoms with Gasteiger partial charge >= 0.3 is 0 Å². The molecule has 1 fully saturated rings. The van der Waals surface area contributed by atoms with Gasteiger partial charge < -0.3 is 5.32 Å². The van der Waals surface area contributed by atoms with Crippen molar-refractivity contribution in [2.45, 2.75) is 52.1 Å². The van der Waals surface area contributed by atoms with Crippen LogP contribution in [-0.4, -0.2) is 6.04 Å². The fourth-order valence-electron chi connectivity index (χ4n) is 3.13. The lowest BCUT2D eigenvalue weighted by Gasteiger charge is -2.35. The minimum Gasteiger partial charge on any atom is -0.310 e. The van der Waals surface area contributed by atoms with Crippen LogP contribution in [0.5, 0.6) is 0 Å². The van der Waals surface area contributed by atoms with E-state index in [0.717, 1.165) is 22.5 Å². The van der Waals surface area contributed by atoms with Crippen molar-refractivity contribution in [3.63, 3.8) is 0 Å². The van der Waals surface area contributed by atoms with Crippen molar-refractivity contribution >= 4 is 15.9 Å². The minimum absolute atomic E-state index is 0.163. The summed E-state index contributed by atoms with van der Waals surface area (Å²) < 4.78 is 14.3. The summed E-state index contributed by atoms with van der Waals surface area (Å²) in [6.45, 7) is 5.36. The zero-order valence-electron chi connectivity index (χ0n) is 11.8. The van der Waals surface area contributed by atoms with Gasteiger partial charge in [0.1, 0.15) is 5.82 Å². The molecule has 0 aliphatic heterocycles. The fraction of sp³-hybridized carbons (Fsp3) is 0.625. The van der Waals surface area contributed by atoms with Crippen molar-refractivity contribution in [3.05, 3.63) is 34.1 Å². The maximum absolute atomic E-state index is 13.3. The number of hydrogen-bond acceptors (Lipinski definition) is 1. The first-order chi connectivity index (χ1) is 9.08. The highest BCUT2D eigenvalue weighted by atomic mass is 79.9. The number of rotatable bonds is 4. The molecule has 1 aliphatic carbocycles. The molecule has 0 amide bonds. The summed E-state index contributed by atoms with van der Waals surface area (Å²) in [6, 6.07) is 5.46. The molecule has 2 rings (SSSR count). The van der Waals surface area contributed by atoms with Crippen LogP contribution in [0.4, 0.5) is 4.39 Å². The van der Waals surface area contributed by atoms with Crippen molar-refractivity contribution in [3.8, 4) is 0 Å². The van der Waals surface area contributed by atoms with Gasteiger partial charge in [-0.1, -0.05) is 42.6 Å². The Morgan fingerprint density at radius 1 is 1.32 bits per heavy atom. The molecule has 106 valence electrons. The molecule has 0 radical (unpaired) electrons. The zero-order chi connectivity index (χ0) is 13.8. The molecular formula is C16H23BrFN. The second-order valence-electron chi connectivity index (χ2n) is 5.92. The van der Waals surface area contributed by atoms with Gasteiger partial charge in [-0.3, -0.25) is 0 Å². The van der Waals surface area contributed by atoms with Crippen LogP contribution in [0.1, 0.15) is 45.1 Å². The van der Waals surface area contributed by atoms with E-state index in [1.54, 1.807) is 12.1 Å². The van der Waals surface area contributed by atoms with E-state index in [1.807, 2.05) is 0 Å². The van der Waals surface area contributed by atoms with E-state index in [-0.39, 0.29) is 5.82 Å². The monoisotopic (exact) mass is 327 g/mol. The number of benzene rings is 1. The molecular weight excluding hydrogens is 305 g/mol. The molecule has 0 bridgehead atoms. The van der Waals surface area contributed by atoms with Crippen LogP contribution in [0.25, 0.3) is 0 Å². The standard InChI is InChI=1S/C16H23BrFN/c1-11(2)14-5-3-4-6-16(14)19-10-12-9-13(18)7-8-15(12)17/h7-9,11,14,16,19H,3-6,10H2,1-2H3. The average Bonchev–Trinajstić information content (AvgIpc) is 2.40. The first-order valence-corrected chi connectivity index (χ1v) is 8.04. The van der Waals surface area contributed by atoms with Gasteiger partial charge in [0.15, 0.2) is 0 Å². The summed E-state index contributed by atoms with van der Waals surface area (Å²) in [5, 5.41) is 3.64. The second kappa shape index (κ2) is 6.85. The Bertz CT molecular complexity index is 419. The molecule has 19 heavy (non-hydrogen) atoms. The summed E-state index contributed by atoms with van der Waals surface area (Å²) in [7, 11) is 0. The largest absolute Gasteiger partial charge is 0.310 e. The van der Waals surface area contributed by atoms with Crippen molar-refractivity contribution in [2.75, 3.05) is 0 Å². The molecule has 1 aromatic rings. The highest BCUT2D eigenvalue weighted by Gasteiger charge is 2.26. The Hall–Kier alpha value is -0.410. The third-order valence-corrected chi connectivity index (χ3v) is 5.01. The van der Waals surface area contributed by atoms with Crippen LogP contribution >= 0.6 is 15.9 Å². The smallest absolute Gasteiger partial charge is 0.123 e. The number of halogens is 2. The van der Waals surface area contributed by atoms with Gasteiger partial charge in [0.05, 0.1) is 0 Å². The van der Waals surface area contributed by atoms with Gasteiger partial charge in [0.2, 0.25) is 0 Å². The predicted octanol–water partition coefficient (Wildman–Crippen LogP) is 4.89. The normalized spacial score (nSPS) is 23.8. The van der Waals surface area contributed by atoms with E-state index < -0.39 is 0 Å². The molecule has 1 N–H and O–H groups in total. The first-order valence-electron chi connectivity index (χ1n) is 7.25. The number of hydrogen-bond donors (Lipinski definition) is 1. The van der Waals surface area contributed by atoms with Gasteiger partial charge in [-0.05, 0) is 48.4 Å². The quantitative estimate of drug-likeness (QED) is 0.829. The maximum Gasteiger partial charge on any atom is 0.123 e. The molecule has 2 atom stereocenters. The van der Waals surface area contributed by atoms with Gasteiger partial charge in [0.25, 0.3) is 0 Å². The van der Waals surface area contributed by atoms with Crippen LogP contribution in [0.3, 0.4) is 0 Å². The highest BCUT2D eigenvalue weighted by Crippen LogP contribution is 2.30. The van der Waals surface area contributed by atoms with E-state index in [0.29, 0.717) is 12.0 Å². The van der Waals surface area contributed by atoms with Gasteiger partial charge in [0, 0.05) is 17.1 Å². The van der Waals surface area contributed by atoms with Crippen LogP contribution in [0, 0.1) is 17.7 Å². The molecule has 1 aromatic carbocycles. The molecule has 1 saturated carbocycles. The molecule has 0 saturated heterocycles. The summed E-state index contributed by atoms with van der Waals surface area (Å²) in [5.74, 6) is 1.30. The van der Waals surface area contributed by atoms with Crippen LogP contribution in [-0.2, 0) is 6.54 Å². The van der Waals surface area contributed by atoms with Crippen molar-refractivity contribution < 1.29 is 4.39 Å². The molecule has 1 aliphatic rings. The topological polar surface area (TPSA) is 12.0 Å². The highest BCUT2D eigenvalue weighted by molar-refractivity contribution is 9.10. The lowest BCUT2D eigenvalue weighted by atomic mass is 9.78. The van der Waals surface area contributed by atoms with Crippen LogP contribution < -0.4 is 5.32 Å². The van der Waals surface area contributed by atoms with Crippen molar-refractivity contribution in [1.82, 2.24) is 5.32 Å². The lowest BCUT2D eigenvalue weighted by molar-refractivity contribution is 0.204. The second-order valence-corrected chi connectivity index (χ2v) is 6.77. The SMILES string of the molecule is CC(C)C1CCCCC1NCc1cc(F)ccc1Br. The molecule has 0 spiro atoms. The first kappa shape index (κ1) is 15.0. The molecule has 0 aromatic heterocycles. The summed E-state index contributed by atoms with van der Waals surface area (Å²) in [5.41, 5.74) is 1.01. The molecule has 3 heteroatoms. The van der Waals surface area contributed by atoms with Crippen molar-refractivity contribution in [2.24, 2.45) is 11.8 Å². The van der Waals surface area contributed by atoms with E-state index in [1.165, 1.54) is 31.7 Å². The average molecular weight is 328 g/mol.